The molecule has 0 fully saturated rings. The maximum atomic E-state index is 13.0. The first-order chi connectivity index (χ1) is 12.7. The summed E-state index contributed by atoms with van der Waals surface area (Å²) in [5, 5.41) is 12.9. The van der Waals surface area contributed by atoms with Gasteiger partial charge in [0, 0.05) is 11.8 Å². The van der Waals surface area contributed by atoms with Crippen LogP contribution in [0.2, 0.25) is 0 Å². The van der Waals surface area contributed by atoms with Crippen molar-refractivity contribution in [2.24, 2.45) is 0 Å². The van der Waals surface area contributed by atoms with Crippen LogP contribution in [0.1, 0.15) is 5.56 Å². The van der Waals surface area contributed by atoms with Crippen molar-refractivity contribution >= 4 is 28.4 Å². The van der Waals surface area contributed by atoms with Crippen LogP contribution in [0.25, 0.3) is 11.1 Å². The van der Waals surface area contributed by atoms with E-state index in [9.17, 15) is 32.9 Å². The summed E-state index contributed by atoms with van der Waals surface area (Å²) >= 11 is 0. The highest BCUT2D eigenvalue weighted by molar-refractivity contribution is 5.91. The lowest BCUT2D eigenvalue weighted by atomic mass is 10.1. The zero-order valence-electron chi connectivity index (χ0n) is 13.3. The van der Waals surface area contributed by atoms with Gasteiger partial charge in [-0.15, -0.1) is 0 Å². The molecular weight excluding hydrogens is 371 g/mol. The Morgan fingerprint density at radius 1 is 1.22 bits per heavy atom. The Morgan fingerprint density at radius 2 is 1.93 bits per heavy atom. The lowest BCUT2D eigenvalue weighted by Crippen LogP contribution is -2.25. The number of aromatic nitrogens is 1. The van der Waals surface area contributed by atoms with Crippen LogP contribution in [0.15, 0.2) is 51.7 Å². The zero-order chi connectivity index (χ0) is 19.8. The minimum absolute atomic E-state index is 0.255. The van der Waals surface area contributed by atoms with Crippen molar-refractivity contribution in [3.63, 3.8) is 0 Å². The van der Waals surface area contributed by atoms with E-state index in [1.807, 2.05) is 0 Å². The van der Waals surface area contributed by atoms with Gasteiger partial charge in [-0.3, -0.25) is 19.5 Å². The van der Waals surface area contributed by atoms with Crippen LogP contribution >= 0.6 is 0 Å². The summed E-state index contributed by atoms with van der Waals surface area (Å²) in [5.74, 6) is -1.60. The Bertz CT molecular complexity index is 1100. The number of nitro groups is 1. The van der Waals surface area contributed by atoms with E-state index in [4.69, 9.17) is 4.42 Å². The Balaban J connectivity index is 1.87. The molecule has 0 radical (unpaired) electrons. The highest BCUT2D eigenvalue weighted by atomic mass is 19.4. The molecule has 11 heteroatoms. The molecule has 0 aliphatic heterocycles. The van der Waals surface area contributed by atoms with Crippen LogP contribution < -0.4 is 11.1 Å². The fourth-order valence-corrected chi connectivity index (χ4v) is 2.51. The van der Waals surface area contributed by atoms with E-state index in [2.05, 4.69) is 5.32 Å². The number of benzene rings is 2. The summed E-state index contributed by atoms with van der Waals surface area (Å²) < 4.78 is 44.9. The first-order valence-electron chi connectivity index (χ1n) is 7.40. The molecule has 27 heavy (non-hydrogen) atoms. The average Bonchev–Trinajstić information content (AvgIpc) is 2.89. The van der Waals surface area contributed by atoms with Gasteiger partial charge < -0.3 is 9.73 Å². The molecule has 0 spiro atoms. The van der Waals surface area contributed by atoms with E-state index in [0.29, 0.717) is 17.6 Å². The van der Waals surface area contributed by atoms with Gasteiger partial charge in [0.2, 0.25) is 5.91 Å². The van der Waals surface area contributed by atoms with Crippen LogP contribution in [0.3, 0.4) is 0 Å². The van der Waals surface area contributed by atoms with Crippen molar-refractivity contribution in [3.05, 3.63) is 68.7 Å². The first kappa shape index (κ1) is 18.2. The Labute approximate surface area is 148 Å². The van der Waals surface area contributed by atoms with E-state index in [1.165, 1.54) is 6.07 Å². The molecule has 8 nitrogen and oxygen atoms in total. The number of hydrogen-bond donors (Lipinski definition) is 1. The van der Waals surface area contributed by atoms with Crippen molar-refractivity contribution in [3.8, 4) is 0 Å². The number of oxazole rings is 1. The van der Waals surface area contributed by atoms with Crippen LogP contribution in [0, 0.1) is 10.1 Å². The fourth-order valence-electron chi connectivity index (χ4n) is 2.51. The molecule has 1 aromatic heterocycles. The van der Waals surface area contributed by atoms with E-state index in [0.717, 1.165) is 10.6 Å². The van der Waals surface area contributed by atoms with Crippen molar-refractivity contribution in [1.82, 2.24) is 4.57 Å². The molecule has 0 atom stereocenters. The number of halogens is 3. The maximum absolute atomic E-state index is 13.0. The molecule has 0 bridgehead atoms. The number of carbonyl (C=O) groups excluding carboxylic acids is 1. The summed E-state index contributed by atoms with van der Waals surface area (Å²) in [5.41, 5.74) is -2.31. The van der Waals surface area contributed by atoms with Gasteiger partial charge in [-0.1, -0.05) is 12.1 Å². The third kappa shape index (κ3) is 3.66. The molecule has 140 valence electrons. The predicted molar refractivity (Wildman–Crippen MR) is 87.2 cm³/mol. The number of rotatable bonds is 4. The lowest BCUT2D eigenvalue weighted by molar-refractivity contribution is -0.388. The number of nitrogens with zero attached hydrogens (tertiary/aromatic N) is 2. The molecular formula is C16H10F3N3O5. The van der Waals surface area contributed by atoms with Crippen molar-refractivity contribution in [1.29, 1.82) is 0 Å². The Kier molecular flexibility index (Phi) is 4.44. The topological polar surface area (TPSA) is 107 Å². The molecule has 0 aliphatic rings. The number of hydrogen-bond acceptors (Lipinski definition) is 5. The molecule has 0 unspecified atom stereocenters. The molecule has 3 rings (SSSR count). The summed E-state index contributed by atoms with van der Waals surface area (Å²) in [7, 11) is 0. The summed E-state index contributed by atoms with van der Waals surface area (Å²) in [6, 6.07) is 8.41. The van der Waals surface area contributed by atoms with Crippen molar-refractivity contribution in [2.75, 3.05) is 5.32 Å². The van der Waals surface area contributed by atoms with Gasteiger partial charge in [0.05, 0.1) is 10.4 Å². The smallest absolute Gasteiger partial charge is 0.408 e. The summed E-state index contributed by atoms with van der Waals surface area (Å²) in [4.78, 5) is 33.5. The van der Waals surface area contributed by atoms with Crippen molar-refractivity contribution in [2.45, 2.75) is 12.7 Å². The van der Waals surface area contributed by atoms with E-state index in [1.54, 1.807) is 18.2 Å². The molecule has 0 saturated carbocycles. The Morgan fingerprint density at radius 3 is 2.59 bits per heavy atom. The van der Waals surface area contributed by atoms with Gasteiger partial charge in [-0.2, -0.15) is 13.2 Å². The third-order valence-electron chi connectivity index (χ3n) is 3.66. The minimum atomic E-state index is -4.97. The average molecular weight is 381 g/mol. The fraction of sp³-hybridized carbons (Fsp3) is 0.125. The third-order valence-corrected chi connectivity index (χ3v) is 3.66. The minimum Gasteiger partial charge on any atom is -0.408 e. The quantitative estimate of drug-likeness (QED) is 0.552. The highest BCUT2D eigenvalue weighted by Crippen LogP contribution is 2.37. The molecule has 2 aromatic carbocycles. The van der Waals surface area contributed by atoms with Gasteiger partial charge in [0.1, 0.15) is 12.1 Å². The predicted octanol–water partition coefficient (Wildman–Crippen LogP) is 3.16. The number of anilines is 1. The normalized spacial score (nSPS) is 11.5. The van der Waals surface area contributed by atoms with Gasteiger partial charge in [0.25, 0.3) is 5.69 Å². The monoisotopic (exact) mass is 381 g/mol. The van der Waals surface area contributed by atoms with Gasteiger partial charge >= 0.3 is 11.9 Å². The van der Waals surface area contributed by atoms with Crippen LogP contribution in [0.4, 0.5) is 24.5 Å². The highest BCUT2D eigenvalue weighted by Gasteiger charge is 2.38. The lowest BCUT2D eigenvalue weighted by Gasteiger charge is -2.10. The van der Waals surface area contributed by atoms with Crippen molar-refractivity contribution < 1.29 is 27.3 Å². The molecule has 3 aromatic rings. The number of nitrogens with one attached hydrogen (secondary N) is 1. The second-order valence-corrected chi connectivity index (χ2v) is 5.46. The standard InChI is InChI=1S/C16H10F3N3O5/c17-16(18,19)10-7-9(5-6-11(10)22(25)26)20-14(23)8-21-12-3-1-2-4-13(12)27-15(21)24/h1-7H,8H2,(H,20,23). The molecule has 0 saturated heterocycles. The SMILES string of the molecule is O=C(Cn1c(=O)oc2ccccc21)Nc1ccc([N+](=O)[O-])c(C(F)(F)F)c1. The number of nitro benzene ring substituents is 1. The van der Waals surface area contributed by atoms with Gasteiger partial charge in [-0.25, -0.2) is 4.79 Å². The number of fused-ring (bicyclic) bond motifs is 1. The number of carbonyl (C=O) groups is 1. The number of para-hydroxylation sites is 2. The molecule has 1 amide bonds. The number of alkyl halides is 3. The largest absolute Gasteiger partial charge is 0.423 e. The summed E-state index contributed by atoms with van der Waals surface area (Å²) in [6.45, 7) is -0.506. The van der Waals surface area contributed by atoms with Crippen LogP contribution in [-0.2, 0) is 17.5 Å². The van der Waals surface area contributed by atoms with Gasteiger partial charge in [0.15, 0.2) is 5.58 Å². The first-order valence-corrected chi connectivity index (χ1v) is 7.40. The second kappa shape index (κ2) is 6.59. The van der Waals surface area contributed by atoms with Crippen LogP contribution in [-0.4, -0.2) is 15.4 Å². The zero-order valence-corrected chi connectivity index (χ0v) is 13.3. The van der Waals surface area contributed by atoms with Gasteiger partial charge in [-0.05, 0) is 24.3 Å². The number of amides is 1. The van der Waals surface area contributed by atoms with E-state index in [-0.39, 0.29) is 11.3 Å². The molecule has 1 heterocycles. The van der Waals surface area contributed by atoms with Crippen LogP contribution in [0.5, 0.6) is 0 Å². The van der Waals surface area contributed by atoms with E-state index < -0.39 is 40.6 Å². The van der Waals surface area contributed by atoms with E-state index >= 15 is 0 Å². The Hall–Kier alpha value is -3.63. The summed E-state index contributed by atoms with van der Waals surface area (Å²) in [6.07, 6.45) is -4.97. The maximum Gasteiger partial charge on any atom is 0.423 e. The molecule has 1 N–H and O–H groups in total. The second-order valence-electron chi connectivity index (χ2n) is 5.46. The molecule has 0 aliphatic carbocycles.